The average Bonchev–Trinajstić information content (AvgIpc) is 3.38. The first-order valence-electron chi connectivity index (χ1n) is 30.4. The van der Waals surface area contributed by atoms with Crippen LogP contribution >= 0.6 is 0 Å². The van der Waals surface area contributed by atoms with Crippen LogP contribution in [0.1, 0.15) is 278 Å². The predicted octanol–water partition coefficient (Wildman–Crippen LogP) is 21.1. The van der Waals surface area contributed by atoms with Crippen LogP contribution in [0.15, 0.2) is 109 Å². The minimum atomic E-state index is -0.580. The second-order valence-corrected chi connectivity index (χ2v) is 19.9. The molecule has 1 atom stereocenters. The molecule has 0 spiro atoms. The van der Waals surface area contributed by atoms with Gasteiger partial charge in [-0.2, -0.15) is 0 Å². The zero-order valence-corrected chi connectivity index (χ0v) is 47.4. The average molecular weight is 1000 g/mol. The van der Waals surface area contributed by atoms with Crippen molar-refractivity contribution in [2.75, 3.05) is 19.8 Å². The third-order valence-corrected chi connectivity index (χ3v) is 12.8. The van der Waals surface area contributed by atoms with Gasteiger partial charge in [0.1, 0.15) is 6.61 Å². The molecule has 412 valence electrons. The van der Waals surface area contributed by atoms with Crippen LogP contribution in [0, 0.1) is 0 Å². The molecule has 72 heavy (non-hydrogen) atoms. The molecule has 0 aliphatic heterocycles. The molecule has 0 aliphatic carbocycles. The highest BCUT2D eigenvalue weighted by molar-refractivity contribution is 5.70. The van der Waals surface area contributed by atoms with Gasteiger partial charge in [0.2, 0.25) is 0 Å². The second kappa shape index (κ2) is 61.9. The topological polar surface area (TPSA) is 61.8 Å². The van der Waals surface area contributed by atoms with E-state index >= 15 is 0 Å². The molecule has 0 fully saturated rings. The van der Waals surface area contributed by atoms with Gasteiger partial charge in [0, 0.05) is 19.4 Å². The molecule has 0 rings (SSSR count). The molecule has 0 amide bonds. The van der Waals surface area contributed by atoms with Crippen LogP contribution in [-0.4, -0.2) is 37.9 Å². The number of carbonyl (C=O) groups is 2. The van der Waals surface area contributed by atoms with E-state index in [4.69, 9.17) is 14.2 Å². The number of rotatable bonds is 55. The van der Waals surface area contributed by atoms with Crippen molar-refractivity contribution in [3.63, 3.8) is 0 Å². The summed E-state index contributed by atoms with van der Waals surface area (Å²) in [7, 11) is 0. The molecule has 0 bridgehead atoms. The van der Waals surface area contributed by atoms with E-state index in [1.807, 2.05) is 6.08 Å². The molecule has 0 N–H and O–H groups in total. The Morgan fingerprint density at radius 1 is 0.319 bits per heavy atom. The van der Waals surface area contributed by atoms with Crippen LogP contribution in [0.5, 0.6) is 0 Å². The summed E-state index contributed by atoms with van der Waals surface area (Å²) in [5.74, 6) is -0.504. The van der Waals surface area contributed by atoms with Crippen LogP contribution < -0.4 is 0 Å². The Kier molecular flexibility index (Phi) is 58.9. The molecule has 0 heterocycles. The Labute approximate surface area is 446 Å². The van der Waals surface area contributed by atoms with Crippen LogP contribution in [-0.2, 0) is 23.8 Å². The van der Waals surface area contributed by atoms with Crippen molar-refractivity contribution in [2.24, 2.45) is 0 Å². The molecule has 1 unspecified atom stereocenters. The fourth-order valence-electron chi connectivity index (χ4n) is 8.31. The van der Waals surface area contributed by atoms with Crippen molar-refractivity contribution in [1.29, 1.82) is 0 Å². The lowest BCUT2D eigenvalue weighted by Crippen LogP contribution is -2.30. The smallest absolute Gasteiger partial charge is 0.306 e. The van der Waals surface area contributed by atoms with E-state index in [1.54, 1.807) is 0 Å². The maximum atomic E-state index is 12.9. The fraction of sp³-hybridized carbons (Fsp3) is 0.701. The van der Waals surface area contributed by atoms with E-state index in [0.717, 1.165) is 89.9 Å². The number of allylic oxidation sites excluding steroid dienone is 18. The highest BCUT2D eigenvalue weighted by Crippen LogP contribution is 2.15. The van der Waals surface area contributed by atoms with Gasteiger partial charge in [-0.25, -0.2) is 0 Å². The summed E-state index contributed by atoms with van der Waals surface area (Å²) < 4.78 is 17.4. The maximum absolute atomic E-state index is 12.9. The Hall–Kier alpha value is -3.44. The number of unbranched alkanes of at least 4 members (excludes halogenated alkanes) is 26. The van der Waals surface area contributed by atoms with E-state index in [9.17, 15) is 9.59 Å². The van der Waals surface area contributed by atoms with Gasteiger partial charge in [-0.3, -0.25) is 9.59 Å². The number of hydrogen-bond donors (Lipinski definition) is 0. The minimum absolute atomic E-state index is 0.0364. The molecule has 5 heteroatoms. The zero-order valence-electron chi connectivity index (χ0n) is 47.4. The molecule has 0 saturated heterocycles. The van der Waals surface area contributed by atoms with Crippen LogP contribution in [0.2, 0.25) is 0 Å². The SMILES string of the molecule is CC/C=C\C/C=C\C/C=C\C/C=C\C/C=C\C/C=C\CCC(=O)OCC(COCCCCCCCCCCCCCCCCCCCC)OC(=O)CCCCCCCC/C=C\C/C=C\C/C=C\CCCCC. The van der Waals surface area contributed by atoms with E-state index in [1.165, 1.54) is 148 Å². The second-order valence-electron chi connectivity index (χ2n) is 19.9. The molecular weight excluding hydrogens is 885 g/mol. The van der Waals surface area contributed by atoms with Crippen molar-refractivity contribution < 1.29 is 23.8 Å². The molecule has 0 aliphatic rings. The van der Waals surface area contributed by atoms with E-state index in [2.05, 4.69) is 124 Å². The van der Waals surface area contributed by atoms with Crippen LogP contribution in [0.3, 0.4) is 0 Å². The van der Waals surface area contributed by atoms with Gasteiger partial charge in [-0.05, 0) is 96.3 Å². The first-order valence-corrected chi connectivity index (χ1v) is 30.4. The number of ether oxygens (including phenoxy) is 3. The summed E-state index contributed by atoms with van der Waals surface area (Å²) in [5.41, 5.74) is 0. The Balaban J connectivity index is 4.42. The van der Waals surface area contributed by atoms with E-state index in [-0.39, 0.29) is 25.2 Å². The minimum Gasteiger partial charge on any atom is -0.462 e. The van der Waals surface area contributed by atoms with Gasteiger partial charge in [-0.1, -0.05) is 278 Å². The van der Waals surface area contributed by atoms with Crippen LogP contribution in [0.4, 0.5) is 0 Å². The molecule has 0 radical (unpaired) electrons. The molecule has 0 aromatic carbocycles. The summed E-state index contributed by atoms with van der Waals surface area (Å²) in [6.45, 7) is 7.62. The summed E-state index contributed by atoms with van der Waals surface area (Å²) in [6, 6.07) is 0. The Morgan fingerprint density at radius 2 is 0.653 bits per heavy atom. The first kappa shape index (κ1) is 68.6. The van der Waals surface area contributed by atoms with Crippen molar-refractivity contribution >= 4 is 11.9 Å². The van der Waals surface area contributed by atoms with Gasteiger partial charge in [0.15, 0.2) is 6.10 Å². The summed E-state index contributed by atoms with van der Waals surface area (Å²) in [4.78, 5) is 25.5. The molecule has 0 aromatic heterocycles. The third kappa shape index (κ3) is 59.1. The van der Waals surface area contributed by atoms with Crippen LogP contribution in [0.25, 0.3) is 0 Å². The normalized spacial score (nSPS) is 13.0. The predicted molar refractivity (Wildman–Crippen MR) is 316 cm³/mol. The molecule has 5 nitrogen and oxygen atoms in total. The molecule has 0 saturated carbocycles. The quantitative estimate of drug-likeness (QED) is 0.0345. The highest BCUT2D eigenvalue weighted by atomic mass is 16.6. The lowest BCUT2D eigenvalue weighted by Gasteiger charge is -2.18. The van der Waals surface area contributed by atoms with Crippen molar-refractivity contribution in [2.45, 2.75) is 284 Å². The summed E-state index contributed by atoms with van der Waals surface area (Å²) in [6.07, 6.45) is 85.6. The van der Waals surface area contributed by atoms with Gasteiger partial charge < -0.3 is 14.2 Å². The monoisotopic (exact) mass is 999 g/mol. The van der Waals surface area contributed by atoms with Crippen molar-refractivity contribution in [3.05, 3.63) is 109 Å². The summed E-state index contributed by atoms with van der Waals surface area (Å²) >= 11 is 0. The van der Waals surface area contributed by atoms with Gasteiger partial charge in [0.25, 0.3) is 0 Å². The van der Waals surface area contributed by atoms with Gasteiger partial charge in [0.05, 0.1) is 6.61 Å². The van der Waals surface area contributed by atoms with E-state index in [0.29, 0.717) is 25.9 Å². The number of hydrogen-bond acceptors (Lipinski definition) is 5. The van der Waals surface area contributed by atoms with Crippen molar-refractivity contribution in [1.82, 2.24) is 0 Å². The fourth-order valence-corrected chi connectivity index (χ4v) is 8.31. The number of esters is 2. The zero-order chi connectivity index (χ0) is 52.0. The Morgan fingerprint density at radius 3 is 1.08 bits per heavy atom. The maximum Gasteiger partial charge on any atom is 0.306 e. The third-order valence-electron chi connectivity index (χ3n) is 12.8. The molecular formula is C67H114O5. The van der Waals surface area contributed by atoms with Gasteiger partial charge >= 0.3 is 11.9 Å². The van der Waals surface area contributed by atoms with Gasteiger partial charge in [-0.15, -0.1) is 0 Å². The number of carbonyl (C=O) groups excluding carboxylic acids is 2. The van der Waals surface area contributed by atoms with Crippen molar-refractivity contribution in [3.8, 4) is 0 Å². The lowest BCUT2D eigenvalue weighted by molar-refractivity contribution is -0.162. The highest BCUT2D eigenvalue weighted by Gasteiger charge is 2.17. The van der Waals surface area contributed by atoms with E-state index < -0.39 is 6.10 Å². The Bertz CT molecular complexity index is 1410. The lowest BCUT2D eigenvalue weighted by atomic mass is 10.0. The first-order chi connectivity index (χ1) is 35.6. The standard InChI is InChI=1S/C67H114O5/c1-4-7-10-13-16-19-22-25-28-31-34-36-39-42-45-48-51-54-57-60-66(68)71-64-65(63-70-62-59-56-53-50-47-44-41-38-33-30-27-24-21-18-15-12-9-6-3)72-67(69)61-58-55-52-49-46-43-40-37-35-32-29-26-23-20-17-14-11-8-5-2/h7,10,16-17,19-20,25-26,28-29,34-37,42,45,51,54,65H,4-6,8-9,11-15,18,21-24,27,30-33,38-41,43-44,46-50,52-53,55-64H2,1-3H3/b10-7-,19-16-,20-17-,28-25-,29-26-,36-34-,37-35-,45-42-,54-51-. The summed E-state index contributed by atoms with van der Waals surface area (Å²) in [5, 5.41) is 0. The molecule has 0 aromatic rings. The largest absolute Gasteiger partial charge is 0.462 e.